The maximum Gasteiger partial charge on any atom is 0.124 e. The van der Waals surface area contributed by atoms with Crippen LogP contribution in [0.2, 0.25) is 5.02 Å². The molecule has 3 aromatic rings. The highest BCUT2D eigenvalue weighted by Gasteiger charge is 2.13. The van der Waals surface area contributed by atoms with Crippen LogP contribution in [0.5, 0.6) is 0 Å². The van der Waals surface area contributed by atoms with E-state index < -0.39 is 0 Å². The van der Waals surface area contributed by atoms with Crippen molar-refractivity contribution in [1.29, 1.82) is 0 Å². The third-order valence-corrected chi connectivity index (χ3v) is 5.01. The molecule has 4 rings (SSSR count). The largest absolute Gasteiger partial charge is 0.384 e. The van der Waals surface area contributed by atoms with Crippen LogP contribution in [0, 0.1) is 0 Å². The lowest BCUT2D eigenvalue weighted by Crippen LogP contribution is -1.90. The second-order valence-electron chi connectivity index (χ2n) is 4.66. The van der Waals surface area contributed by atoms with Crippen molar-refractivity contribution in [3.05, 3.63) is 47.0 Å². The van der Waals surface area contributed by atoms with Gasteiger partial charge in [0.1, 0.15) is 5.01 Å². The Kier molecular flexibility index (Phi) is 2.50. The van der Waals surface area contributed by atoms with Gasteiger partial charge in [0.05, 0.1) is 15.2 Å². The van der Waals surface area contributed by atoms with E-state index in [4.69, 9.17) is 11.6 Å². The van der Waals surface area contributed by atoms with Crippen molar-refractivity contribution in [2.24, 2.45) is 0 Å². The Morgan fingerprint density at radius 3 is 3.05 bits per heavy atom. The molecule has 94 valence electrons. The van der Waals surface area contributed by atoms with E-state index in [0.29, 0.717) is 0 Å². The number of hydrogen-bond donors (Lipinski definition) is 1. The second kappa shape index (κ2) is 4.22. The van der Waals surface area contributed by atoms with Crippen LogP contribution in [-0.4, -0.2) is 11.5 Å². The minimum Gasteiger partial charge on any atom is -0.384 e. The van der Waals surface area contributed by atoms with Crippen LogP contribution < -0.4 is 5.32 Å². The van der Waals surface area contributed by atoms with Crippen molar-refractivity contribution in [3.63, 3.8) is 0 Å². The SMILES string of the molecule is Clc1cccc2nc(-c3ccc4c(c3)CCN4)sc12. The van der Waals surface area contributed by atoms with E-state index in [9.17, 15) is 0 Å². The molecule has 0 radical (unpaired) electrons. The van der Waals surface area contributed by atoms with Crippen molar-refractivity contribution in [2.45, 2.75) is 6.42 Å². The molecule has 1 N–H and O–H groups in total. The summed E-state index contributed by atoms with van der Waals surface area (Å²) < 4.78 is 1.07. The van der Waals surface area contributed by atoms with Gasteiger partial charge in [-0.25, -0.2) is 4.98 Å². The van der Waals surface area contributed by atoms with E-state index in [1.807, 2.05) is 18.2 Å². The minimum atomic E-state index is 0.782. The number of rotatable bonds is 1. The number of nitrogens with one attached hydrogen (secondary N) is 1. The fraction of sp³-hybridized carbons (Fsp3) is 0.133. The summed E-state index contributed by atoms with van der Waals surface area (Å²) in [5, 5.41) is 5.20. The first-order valence-electron chi connectivity index (χ1n) is 6.23. The molecule has 1 aliphatic rings. The van der Waals surface area contributed by atoms with Gasteiger partial charge in [-0.1, -0.05) is 17.7 Å². The van der Waals surface area contributed by atoms with Crippen LogP contribution in [0.15, 0.2) is 36.4 Å². The first kappa shape index (κ1) is 11.3. The molecular weight excluding hydrogens is 276 g/mol. The molecule has 0 aliphatic carbocycles. The van der Waals surface area contributed by atoms with Gasteiger partial charge >= 0.3 is 0 Å². The van der Waals surface area contributed by atoms with E-state index in [0.717, 1.165) is 33.2 Å². The highest BCUT2D eigenvalue weighted by Crippen LogP contribution is 2.36. The van der Waals surface area contributed by atoms with E-state index in [1.54, 1.807) is 11.3 Å². The maximum absolute atomic E-state index is 6.21. The average molecular weight is 287 g/mol. The minimum absolute atomic E-state index is 0.782. The molecule has 2 heterocycles. The predicted octanol–water partition coefficient (Wildman–Crippen LogP) is 4.58. The predicted molar refractivity (Wildman–Crippen MR) is 82.3 cm³/mol. The molecule has 0 unspecified atom stereocenters. The number of hydrogen-bond acceptors (Lipinski definition) is 3. The number of aromatic nitrogens is 1. The van der Waals surface area contributed by atoms with Gasteiger partial charge in [-0.15, -0.1) is 11.3 Å². The third kappa shape index (κ3) is 1.81. The summed E-state index contributed by atoms with van der Waals surface area (Å²) in [4.78, 5) is 4.68. The zero-order valence-electron chi connectivity index (χ0n) is 10.1. The fourth-order valence-electron chi connectivity index (χ4n) is 2.48. The van der Waals surface area contributed by atoms with Gasteiger partial charge in [-0.2, -0.15) is 0 Å². The molecule has 0 fully saturated rings. The van der Waals surface area contributed by atoms with Crippen LogP contribution in [0.4, 0.5) is 5.69 Å². The van der Waals surface area contributed by atoms with Gasteiger partial charge in [0.2, 0.25) is 0 Å². The van der Waals surface area contributed by atoms with Crippen LogP contribution >= 0.6 is 22.9 Å². The van der Waals surface area contributed by atoms with Crippen molar-refractivity contribution >= 4 is 38.8 Å². The van der Waals surface area contributed by atoms with E-state index in [-0.39, 0.29) is 0 Å². The van der Waals surface area contributed by atoms with Crippen molar-refractivity contribution < 1.29 is 0 Å². The van der Waals surface area contributed by atoms with Crippen LogP contribution in [0.25, 0.3) is 20.8 Å². The van der Waals surface area contributed by atoms with Crippen molar-refractivity contribution in [1.82, 2.24) is 4.98 Å². The smallest absolute Gasteiger partial charge is 0.124 e. The molecule has 0 saturated carbocycles. The zero-order valence-corrected chi connectivity index (χ0v) is 11.7. The number of anilines is 1. The van der Waals surface area contributed by atoms with Crippen molar-refractivity contribution in [2.75, 3.05) is 11.9 Å². The normalized spacial score (nSPS) is 13.5. The quantitative estimate of drug-likeness (QED) is 0.708. The van der Waals surface area contributed by atoms with E-state index in [1.165, 1.54) is 16.8 Å². The molecule has 1 aliphatic heterocycles. The first-order valence-corrected chi connectivity index (χ1v) is 7.43. The molecule has 2 nitrogen and oxygen atoms in total. The number of benzene rings is 2. The van der Waals surface area contributed by atoms with Crippen molar-refractivity contribution in [3.8, 4) is 10.6 Å². The maximum atomic E-state index is 6.21. The molecule has 0 amide bonds. The van der Waals surface area contributed by atoms with Crippen LogP contribution in [0.1, 0.15) is 5.56 Å². The summed E-state index contributed by atoms with van der Waals surface area (Å²) >= 11 is 7.87. The van der Waals surface area contributed by atoms with Crippen LogP contribution in [0.3, 0.4) is 0 Å². The van der Waals surface area contributed by atoms with Gasteiger partial charge < -0.3 is 5.32 Å². The molecule has 2 aromatic carbocycles. The lowest BCUT2D eigenvalue weighted by molar-refractivity contribution is 1.11. The Labute approximate surface area is 120 Å². The molecular formula is C15H11ClN2S. The van der Waals surface area contributed by atoms with E-state index >= 15 is 0 Å². The third-order valence-electron chi connectivity index (χ3n) is 3.43. The lowest BCUT2D eigenvalue weighted by Gasteiger charge is -2.01. The Morgan fingerprint density at radius 1 is 1.21 bits per heavy atom. The molecule has 1 aromatic heterocycles. The number of nitrogens with zero attached hydrogens (tertiary/aromatic N) is 1. The van der Waals surface area contributed by atoms with Gasteiger partial charge in [0.15, 0.2) is 0 Å². The molecule has 19 heavy (non-hydrogen) atoms. The first-order chi connectivity index (χ1) is 9.31. The monoisotopic (exact) mass is 286 g/mol. The van der Waals surface area contributed by atoms with E-state index in [2.05, 4.69) is 28.5 Å². The number of halogens is 1. The van der Waals surface area contributed by atoms with Crippen LogP contribution in [-0.2, 0) is 6.42 Å². The average Bonchev–Trinajstić information content (AvgIpc) is 3.04. The molecule has 0 saturated heterocycles. The summed E-state index contributed by atoms with van der Waals surface area (Å²) in [5.41, 5.74) is 4.79. The Hall–Kier alpha value is -1.58. The van der Waals surface area contributed by atoms with Gasteiger partial charge in [0, 0.05) is 17.8 Å². The summed E-state index contributed by atoms with van der Waals surface area (Å²) in [5.74, 6) is 0. The van der Waals surface area contributed by atoms with Gasteiger partial charge in [0.25, 0.3) is 0 Å². The summed E-state index contributed by atoms with van der Waals surface area (Å²) in [6.07, 6.45) is 1.09. The summed E-state index contributed by atoms with van der Waals surface area (Å²) in [6, 6.07) is 12.4. The number of fused-ring (bicyclic) bond motifs is 2. The van der Waals surface area contributed by atoms with Gasteiger partial charge in [-0.3, -0.25) is 0 Å². The molecule has 0 bridgehead atoms. The standard InChI is InChI=1S/C15H11ClN2S/c16-11-2-1-3-13-14(11)19-15(18-13)10-4-5-12-9(8-10)6-7-17-12/h1-5,8,17H,6-7H2. The molecule has 0 spiro atoms. The highest BCUT2D eigenvalue weighted by molar-refractivity contribution is 7.22. The Bertz CT molecular complexity index is 779. The second-order valence-corrected chi connectivity index (χ2v) is 6.06. The molecule has 0 atom stereocenters. The Balaban J connectivity index is 1.88. The zero-order chi connectivity index (χ0) is 12.8. The summed E-state index contributed by atoms with van der Waals surface area (Å²) in [7, 11) is 0. The lowest BCUT2D eigenvalue weighted by atomic mass is 10.1. The molecule has 4 heteroatoms. The highest BCUT2D eigenvalue weighted by atomic mass is 35.5. The fourth-order valence-corrected chi connectivity index (χ4v) is 3.73. The topological polar surface area (TPSA) is 24.9 Å². The number of thiazole rings is 1. The Morgan fingerprint density at radius 2 is 2.16 bits per heavy atom. The van der Waals surface area contributed by atoms with Gasteiger partial charge in [-0.05, 0) is 42.3 Å². The summed E-state index contributed by atoms with van der Waals surface area (Å²) in [6.45, 7) is 1.03.